The molecule has 2 heterocycles. The van der Waals surface area contributed by atoms with Gasteiger partial charge in [0.05, 0.1) is 11.9 Å². The average molecular weight is 246 g/mol. The minimum absolute atomic E-state index is 0.647. The summed E-state index contributed by atoms with van der Waals surface area (Å²) < 4.78 is 1.75. The molecule has 0 unspecified atom stereocenters. The van der Waals surface area contributed by atoms with Crippen molar-refractivity contribution in [1.82, 2.24) is 19.7 Å². The summed E-state index contributed by atoms with van der Waals surface area (Å²) in [6, 6.07) is 0. The maximum atomic E-state index is 4.44. The van der Waals surface area contributed by atoms with Gasteiger partial charge in [0, 0.05) is 31.5 Å². The zero-order valence-electron chi connectivity index (χ0n) is 10.9. The molecule has 2 N–H and O–H groups in total. The van der Waals surface area contributed by atoms with Crippen molar-refractivity contribution in [3.63, 3.8) is 0 Å². The van der Waals surface area contributed by atoms with E-state index in [2.05, 4.69) is 32.6 Å². The number of rotatable bonds is 5. The summed E-state index contributed by atoms with van der Waals surface area (Å²) in [4.78, 5) is 8.68. The molecule has 6 heteroatoms. The van der Waals surface area contributed by atoms with Gasteiger partial charge >= 0.3 is 0 Å². The molecule has 0 fully saturated rings. The lowest BCUT2D eigenvalue weighted by molar-refractivity contribution is 0.768. The van der Waals surface area contributed by atoms with Gasteiger partial charge in [0.25, 0.3) is 0 Å². The molecule has 2 aromatic heterocycles. The number of nitrogens with one attached hydrogen (secondary N) is 2. The Labute approximate surface area is 106 Å². The van der Waals surface area contributed by atoms with E-state index in [1.54, 1.807) is 10.9 Å². The van der Waals surface area contributed by atoms with Crippen LogP contribution in [0.3, 0.4) is 0 Å². The van der Waals surface area contributed by atoms with Crippen LogP contribution in [-0.4, -0.2) is 26.3 Å². The van der Waals surface area contributed by atoms with Crippen molar-refractivity contribution in [2.45, 2.75) is 20.3 Å². The minimum Gasteiger partial charge on any atom is -0.354 e. The van der Waals surface area contributed by atoms with E-state index in [-0.39, 0.29) is 0 Å². The molecule has 2 aromatic rings. The molecule has 0 amide bonds. The Morgan fingerprint density at radius 1 is 1.33 bits per heavy atom. The molecule has 96 valence electrons. The van der Waals surface area contributed by atoms with E-state index in [4.69, 9.17) is 0 Å². The molecule has 0 spiro atoms. The fourth-order valence-electron chi connectivity index (χ4n) is 1.51. The summed E-state index contributed by atoms with van der Waals surface area (Å²) in [5, 5.41) is 10.5. The van der Waals surface area contributed by atoms with Gasteiger partial charge in [0.1, 0.15) is 5.82 Å². The van der Waals surface area contributed by atoms with Crippen molar-refractivity contribution >= 4 is 17.5 Å². The van der Waals surface area contributed by atoms with Crippen LogP contribution in [0.15, 0.2) is 18.6 Å². The highest BCUT2D eigenvalue weighted by atomic mass is 15.3. The molecule has 0 aromatic carbocycles. The Bertz CT molecular complexity index is 519. The second-order valence-electron chi connectivity index (χ2n) is 4.18. The second-order valence-corrected chi connectivity index (χ2v) is 4.18. The van der Waals surface area contributed by atoms with Crippen LogP contribution < -0.4 is 10.6 Å². The van der Waals surface area contributed by atoms with Crippen LogP contribution >= 0.6 is 0 Å². The molecule has 0 aliphatic carbocycles. The maximum Gasteiger partial charge on any atom is 0.224 e. The predicted molar refractivity (Wildman–Crippen MR) is 72.0 cm³/mol. The minimum atomic E-state index is 0.647. The molecular weight excluding hydrogens is 228 g/mol. The van der Waals surface area contributed by atoms with Gasteiger partial charge in [-0.3, -0.25) is 4.68 Å². The summed E-state index contributed by atoms with van der Waals surface area (Å²) in [6.07, 6.45) is 6.52. The van der Waals surface area contributed by atoms with E-state index in [0.717, 1.165) is 30.0 Å². The van der Waals surface area contributed by atoms with Gasteiger partial charge in [-0.15, -0.1) is 0 Å². The van der Waals surface area contributed by atoms with Crippen LogP contribution in [0.5, 0.6) is 0 Å². The van der Waals surface area contributed by atoms with E-state index in [1.807, 2.05) is 26.4 Å². The van der Waals surface area contributed by atoms with E-state index >= 15 is 0 Å². The maximum absolute atomic E-state index is 4.44. The number of hydrogen-bond acceptors (Lipinski definition) is 5. The van der Waals surface area contributed by atoms with E-state index in [0.29, 0.717) is 5.95 Å². The molecule has 0 aliphatic rings. The van der Waals surface area contributed by atoms with Crippen molar-refractivity contribution in [2.75, 3.05) is 17.2 Å². The number of hydrogen-bond donors (Lipinski definition) is 2. The lowest BCUT2D eigenvalue weighted by atomic mass is 10.3. The third-order valence-electron chi connectivity index (χ3n) is 2.47. The topological polar surface area (TPSA) is 67.7 Å². The van der Waals surface area contributed by atoms with E-state index < -0.39 is 0 Å². The molecule has 2 rings (SSSR count). The van der Waals surface area contributed by atoms with Gasteiger partial charge in [-0.25, -0.2) is 4.98 Å². The molecule has 6 nitrogen and oxygen atoms in total. The molecule has 0 saturated heterocycles. The molecule has 0 atom stereocenters. The van der Waals surface area contributed by atoms with Crippen molar-refractivity contribution < 1.29 is 0 Å². The largest absolute Gasteiger partial charge is 0.354 e. The van der Waals surface area contributed by atoms with Gasteiger partial charge in [-0.1, -0.05) is 6.92 Å². The van der Waals surface area contributed by atoms with Crippen molar-refractivity contribution in [1.29, 1.82) is 0 Å². The standard InChI is InChI=1S/C12H18N6/c1-4-5-13-12-14-6-9(2)11(17-12)16-10-7-15-18(3)8-10/h6-8H,4-5H2,1-3H3,(H2,13,14,16,17). The fourth-order valence-corrected chi connectivity index (χ4v) is 1.51. The first-order valence-electron chi connectivity index (χ1n) is 6.02. The zero-order chi connectivity index (χ0) is 13.0. The predicted octanol–water partition coefficient (Wildman–Crippen LogP) is 2.08. The quantitative estimate of drug-likeness (QED) is 0.845. The van der Waals surface area contributed by atoms with Gasteiger partial charge in [0.2, 0.25) is 5.95 Å². The van der Waals surface area contributed by atoms with Gasteiger partial charge in [-0.2, -0.15) is 10.1 Å². The first-order chi connectivity index (χ1) is 8.69. The molecule has 0 saturated carbocycles. The molecule has 0 radical (unpaired) electrons. The van der Waals surface area contributed by atoms with Crippen LogP contribution in [0.1, 0.15) is 18.9 Å². The summed E-state index contributed by atoms with van der Waals surface area (Å²) >= 11 is 0. The number of aryl methyl sites for hydroxylation is 2. The van der Waals surface area contributed by atoms with Crippen LogP contribution in [0.4, 0.5) is 17.5 Å². The van der Waals surface area contributed by atoms with Gasteiger partial charge in [-0.05, 0) is 13.3 Å². The summed E-state index contributed by atoms with van der Waals surface area (Å²) in [6.45, 7) is 4.95. The van der Waals surface area contributed by atoms with E-state index in [1.165, 1.54) is 0 Å². The number of aromatic nitrogens is 4. The zero-order valence-corrected chi connectivity index (χ0v) is 10.9. The van der Waals surface area contributed by atoms with Crippen LogP contribution in [-0.2, 0) is 7.05 Å². The molecule has 0 aliphatic heterocycles. The highest BCUT2D eigenvalue weighted by Crippen LogP contribution is 2.18. The van der Waals surface area contributed by atoms with E-state index in [9.17, 15) is 0 Å². The Balaban J connectivity index is 2.15. The lowest BCUT2D eigenvalue weighted by Gasteiger charge is -2.09. The van der Waals surface area contributed by atoms with Gasteiger partial charge < -0.3 is 10.6 Å². The fraction of sp³-hybridized carbons (Fsp3) is 0.417. The Morgan fingerprint density at radius 3 is 2.83 bits per heavy atom. The number of nitrogens with zero attached hydrogens (tertiary/aromatic N) is 4. The Morgan fingerprint density at radius 2 is 2.17 bits per heavy atom. The highest BCUT2D eigenvalue weighted by Gasteiger charge is 2.05. The lowest BCUT2D eigenvalue weighted by Crippen LogP contribution is -2.06. The Hall–Kier alpha value is -2.11. The average Bonchev–Trinajstić information content (AvgIpc) is 2.76. The summed E-state index contributed by atoms with van der Waals surface area (Å²) in [5.74, 6) is 1.45. The SMILES string of the molecule is CCCNc1ncc(C)c(Nc2cnn(C)c2)n1. The third-order valence-corrected chi connectivity index (χ3v) is 2.47. The summed E-state index contributed by atoms with van der Waals surface area (Å²) in [7, 11) is 1.88. The first-order valence-corrected chi connectivity index (χ1v) is 6.02. The normalized spacial score (nSPS) is 10.4. The molecule has 18 heavy (non-hydrogen) atoms. The third kappa shape index (κ3) is 2.97. The van der Waals surface area contributed by atoms with Crippen LogP contribution in [0.25, 0.3) is 0 Å². The molecular formula is C12H18N6. The number of anilines is 3. The van der Waals surface area contributed by atoms with Crippen molar-refractivity contribution in [2.24, 2.45) is 7.05 Å². The monoisotopic (exact) mass is 246 g/mol. The van der Waals surface area contributed by atoms with Crippen molar-refractivity contribution in [3.8, 4) is 0 Å². The van der Waals surface area contributed by atoms with Crippen LogP contribution in [0.2, 0.25) is 0 Å². The van der Waals surface area contributed by atoms with Crippen LogP contribution in [0, 0.1) is 6.92 Å². The first kappa shape index (κ1) is 12.3. The molecule has 0 bridgehead atoms. The second kappa shape index (κ2) is 5.48. The summed E-state index contributed by atoms with van der Waals surface area (Å²) in [5.41, 5.74) is 1.92. The van der Waals surface area contributed by atoms with Gasteiger partial charge in [0.15, 0.2) is 0 Å². The smallest absolute Gasteiger partial charge is 0.224 e. The van der Waals surface area contributed by atoms with Crippen molar-refractivity contribution in [3.05, 3.63) is 24.2 Å². The highest BCUT2D eigenvalue weighted by molar-refractivity contribution is 5.58. The Kier molecular flexibility index (Phi) is 3.76.